The van der Waals surface area contributed by atoms with E-state index in [0.717, 1.165) is 0 Å². The molecule has 0 aromatic heterocycles. The SMILES string of the molecule is CC1(C)c2ccc3ccccc3c2-c2c1cc(-c1cc3c(c4ccccc14)-c1c(cc(-c4c5ccccc5cc5ccccc45)c4ccccc14)C3(C)C)c1ccccc21. The van der Waals surface area contributed by atoms with Gasteiger partial charge in [0.1, 0.15) is 0 Å². The fourth-order valence-electron chi connectivity index (χ4n) is 11.7. The zero-order chi connectivity index (χ0) is 40.1. The Morgan fingerprint density at radius 2 is 0.550 bits per heavy atom. The predicted octanol–water partition coefficient (Wildman–Crippen LogP) is 16.6. The molecule has 282 valence electrons. The maximum absolute atomic E-state index is 2.58. The highest BCUT2D eigenvalue weighted by molar-refractivity contribution is 6.23. The second-order valence-corrected chi connectivity index (χ2v) is 18.3. The van der Waals surface area contributed by atoms with E-state index in [1.54, 1.807) is 0 Å². The van der Waals surface area contributed by atoms with Crippen LogP contribution in [0.15, 0.2) is 182 Å². The van der Waals surface area contributed by atoms with Gasteiger partial charge in [0.15, 0.2) is 0 Å². The van der Waals surface area contributed by atoms with Crippen LogP contribution < -0.4 is 0 Å². The summed E-state index contributed by atoms with van der Waals surface area (Å²) in [6, 6.07) is 69.1. The Hall–Kier alpha value is -7.02. The normalized spacial score (nSPS) is 14.6. The summed E-state index contributed by atoms with van der Waals surface area (Å²) in [7, 11) is 0. The quantitative estimate of drug-likeness (QED) is 0.154. The fraction of sp³-hybridized carbons (Fsp3) is 0.100. The van der Waals surface area contributed by atoms with Crippen molar-refractivity contribution in [3.8, 4) is 44.5 Å². The van der Waals surface area contributed by atoms with Gasteiger partial charge in [-0.25, -0.2) is 0 Å². The van der Waals surface area contributed by atoms with Crippen LogP contribution in [0.25, 0.3) is 109 Å². The Balaban J connectivity index is 1.12. The van der Waals surface area contributed by atoms with E-state index in [4.69, 9.17) is 0 Å². The van der Waals surface area contributed by atoms with Crippen LogP contribution in [0.1, 0.15) is 49.9 Å². The summed E-state index contributed by atoms with van der Waals surface area (Å²) in [5.74, 6) is 0. The van der Waals surface area contributed by atoms with Gasteiger partial charge < -0.3 is 0 Å². The van der Waals surface area contributed by atoms with Crippen molar-refractivity contribution in [1.29, 1.82) is 0 Å². The molecule has 2 aliphatic carbocycles. The molecule has 0 bridgehead atoms. The highest BCUT2D eigenvalue weighted by Gasteiger charge is 2.41. The molecule has 0 spiro atoms. The molecule has 0 atom stereocenters. The maximum Gasteiger partial charge on any atom is 0.0159 e. The molecule has 0 radical (unpaired) electrons. The van der Waals surface area contributed by atoms with Crippen molar-refractivity contribution in [1.82, 2.24) is 0 Å². The van der Waals surface area contributed by atoms with Crippen LogP contribution >= 0.6 is 0 Å². The monoisotopic (exact) mass is 762 g/mol. The first-order chi connectivity index (χ1) is 29.3. The molecule has 0 heteroatoms. The van der Waals surface area contributed by atoms with Crippen LogP contribution in [0.3, 0.4) is 0 Å². The first-order valence-electron chi connectivity index (χ1n) is 21.4. The van der Waals surface area contributed by atoms with Gasteiger partial charge in [0.2, 0.25) is 0 Å². The molecule has 0 saturated carbocycles. The minimum absolute atomic E-state index is 0.156. The average molecular weight is 763 g/mol. The lowest BCUT2D eigenvalue weighted by molar-refractivity contribution is 0.660. The molecule has 60 heavy (non-hydrogen) atoms. The second kappa shape index (κ2) is 11.8. The lowest BCUT2D eigenvalue weighted by Gasteiger charge is -2.25. The number of rotatable bonds is 2. The average Bonchev–Trinajstić information content (AvgIpc) is 3.67. The van der Waals surface area contributed by atoms with E-state index in [1.165, 1.54) is 131 Å². The smallest absolute Gasteiger partial charge is 0.0159 e. The first kappa shape index (κ1) is 33.9. The molecular weight excluding hydrogens is 721 g/mol. The molecule has 13 rings (SSSR count). The van der Waals surface area contributed by atoms with E-state index in [-0.39, 0.29) is 10.8 Å². The van der Waals surface area contributed by atoms with Gasteiger partial charge in [-0.15, -0.1) is 0 Å². The van der Waals surface area contributed by atoms with Crippen molar-refractivity contribution < 1.29 is 0 Å². The highest BCUT2D eigenvalue weighted by Crippen LogP contribution is 2.59. The maximum atomic E-state index is 2.58. The first-order valence-corrected chi connectivity index (χ1v) is 21.4. The van der Waals surface area contributed by atoms with E-state index in [9.17, 15) is 0 Å². The molecule has 0 heterocycles. The molecule has 0 amide bonds. The second-order valence-electron chi connectivity index (χ2n) is 18.3. The summed E-state index contributed by atoms with van der Waals surface area (Å²) in [6.07, 6.45) is 0. The van der Waals surface area contributed by atoms with Gasteiger partial charge in [-0.05, 0) is 156 Å². The summed E-state index contributed by atoms with van der Waals surface area (Å²) in [6.45, 7) is 9.77. The zero-order valence-electron chi connectivity index (χ0n) is 34.3. The Bertz CT molecular complexity index is 3650. The molecule has 0 saturated heterocycles. The third-order valence-corrected chi connectivity index (χ3v) is 14.6. The third-order valence-electron chi connectivity index (χ3n) is 14.6. The van der Waals surface area contributed by atoms with Gasteiger partial charge in [-0.1, -0.05) is 185 Å². The highest BCUT2D eigenvalue weighted by atomic mass is 14.4. The number of hydrogen-bond acceptors (Lipinski definition) is 0. The minimum atomic E-state index is -0.260. The standard InChI is InChI=1S/C60H42/c1-59(2)50-30-29-35-17-5-8-20-38(35)55(50)56-44-26-14-11-23-41(44)47(32-51(56)59)48-33-52-57(45-27-15-12-24-42(45)48)58-46-28-16-13-25-43(46)49(34-53(58)60(52,3)4)54-39-21-9-6-18-36(39)31-37-19-7-10-22-40(37)54/h5-34H,1-4H3. The van der Waals surface area contributed by atoms with Gasteiger partial charge >= 0.3 is 0 Å². The Labute approximate surface area is 350 Å². The van der Waals surface area contributed by atoms with E-state index in [1.807, 2.05) is 0 Å². The van der Waals surface area contributed by atoms with Gasteiger partial charge in [0.05, 0.1) is 0 Å². The van der Waals surface area contributed by atoms with Crippen molar-refractivity contribution in [2.24, 2.45) is 0 Å². The Kier molecular flexibility index (Phi) is 6.67. The summed E-state index contributed by atoms with van der Waals surface area (Å²) in [4.78, 5) is 0. The van der Waals surface area contributed by atoms with Crippen LogP contribution in [0.2, 0.25) is 0 Å². The van der Waals surface area contributed by atoms with Crippen LogP contribution in [-0.4, -0.2) is 0 Å². The summed E-state index contributed by atoms with van der Waals surface area (Å²) < 4.78 is 0. The van der Waals surface area contributed by atoms with Crippen LogP contribution in [0, 0.1) is 0 Å². The van der Waals surface area contributed by atoms with Crippen LogP contribution in [0.4, 0.5) is 0 Å². The Morgan fingerprint density at radius 1 is 0.233 bits per heavy atom. The minimum Gasteiger partial charge on any atom is -0.0616 e. The largest absolute Gasteiger partial charge is 0.0616 e. The van der Waals surface area contributed by atoms with E-state index in [0.29, 0.717) is 0 Å². The molecule has 0 unspecified atom stereocenters. The molecule has 11 aromatic rings. The number of hydrogen-bond donors (Lipinski definition) is 0. The van der Waals surface area contributed by atoms with Gasteiger partial charge in [-0.3, -0.25) is 0 Å². The fourth-order valence-corrected chi connectivity index (χ4v) is 11.7. The topological polar surface area (TPSA) is 0 Å². The van der Waals surface area contributed by atoms with Crippen LogP contribution in [-0.2, 0) is 10.8 Å². The summed E-state index contributed by atoms with van der Waals surface area (Å²) in [5.41, 5.74) is 16.0. The van der Waals surface area contributed by atoms with Crippen molar-refractivity contribution in [3.05, 3.63) is 204 Å². The predicted molar refractivity (Wildman–Crippen MR) is 257 cm³/mol. The molecule has 0 fully saturated rings. The molecule has 0 N–H and O–H groups in total. The lowest BCUT2D eigenvalue weighted by Crippen LogP contribution is -2.16. The van der Waals surface area contributed by atoms with E-state index < -0.39 is 0 Å². The summed E-state index contributed by atoms with van der Waals surface area (Å²) >= 11 is 0. The molecular formula is C60H42. The molecule has 11 aromatic carbocycles. The summed E-state index contributed by atoms with van der Waals surface area (Å²) in [5, 5.41) is 15.7. The number of benzene rings is 11. The Morgan fingerprint density at radius 3 is 1.02 bits per heavy atom. The van der Waals surface area contributed by atoms with Crippen molar-refractivity contribution in [3.63, 3.8) is 0 Å². The lowest BCUT2D eigenvalue weighted by atomic mass is 9.77. The van der Waals surface area contributed by atoms with Crippen LogP contribution in [0.5, 0.6) is 0 Å². The zero-order valence-corrected chi connectivity index (χ0v) is 34.3. The number of fused-ring (bicyclic) bond motifs is 16. The molecule has 0 aliphatic heterocycles. The molecule has 0 nitrogen and oxygen atoms in total. The van der Waals surface area contributed by atoms with Gasteiger partial charge in [-0.2, -0.15) is 0 Å². The van der Waals surface area contributed by atoms with E-state index >= 15 is 0 Å². The van der Waals surface area contributed by atoms with Gasteiger partial charge in [0.25, 0.3) is 0 Å². The molecule has 2 aliphatic rings. The van der Waals surface area contributed by atoms with Crippen molar-refractivity contribution in [2.45, 2.75) is 38.5 Å². The van der Waals surface area contributed by atoms with E-state index in [2.05, 4.69) is 210 Å². The van der Waals surface area contributed by atoms with Gasteiger partial charge in [0, 0.05) is 10.8 Å². The third kappa shape index (κ3) is 4.31. The van der Waals surface area contributed by atoms with Crippen molar-refractivity contribution >= 4 is 64.6 Å². The van der Waals surface area contributed by atoms with Crippen molar-refractivity contribution in [2.75, 3.05) is 0 Å².